The SMILES string of the molecule is CNCC1(c2ccc(N)c(C3=CCC(C)(C)CC3)c2)CCOCC1. The van der Waals surface area contributed by atoms with Gasteiger partial charge in [0, 0.05) is 36.4 Å². The van der Waals surface area contributed by atoms with E-state index >= 15 is 0 Å². The molecule has 1 heterocycles. The number of allylic oxidation sites excluding steroid dienone is 2. The molecule has 0 saturated carbocycles. The number of anilines is 1. The first-order valence-corrected chi connectivity index (χ1v) is 9.28. The molecular formula is C21H32N2O. The van der Waals surface area contributed by atoms with E-state index < -0.39 is 0 Å². The van der Waals surface area contributed by atoms with Gasteiger partial charge in [0.15, 0.2) is 0 Å². The van der Waals surface area contributed by atoms with E-state index in [0.29, 0.717) is 5.41 Å². The van der Waals surface area contributed by atoms with Gasteiger partial charge in [-0.2, -0.15) is 0 Å². The zero-order valence-corrected chi connectivity index (χ0v) is 15.5. The van der Waals surface area contributed by atoms with E-state index in [2.05, 4.69) is 43.4 Å². The number of hydrogen-bond acceptors (Lipinski definition) is 3. The summed E-state index contributed by atoms with van der Waals surface area (Å²) in [6, 6.07) is 6.70. The zero-order valence-electron chi connectivity index (χ0n) is 15.5. The van der Waals surface area contributed by atoms with E-state index in [1.54, 1.807) is 0 Å². The van der Waals surface area contributed by atoms with Gasteiger partial charge in [0.25, 0.3) is 0 Å². The van der Waals surface area contributed by atoms with Crippen LogP contribution in [0.5, 0.6) is 0 Å². The van der Waals surface area contributed by atoms with Gasteiger partial charge in [0.2, 0.25) is 0 Å². The van der Waals surface area contributed by atoms with E-state index in [-0.39, 0.29) is 5.41 Å². The molecule has 0 spiro atoms. The Morgan fingerprint density at radius 1 is 1.17 bits per heavy atom. The Morgan fingerprint density at radius 2 is 1.92 bits per heavy atom. The van der Waals surface area contributed by atoms with Gasteiger partial charge in [-0.1, -0.05) is 26.0 Å². The summed E-state index contributed by atoms with van der Waals surface area (Å²) in [5.74, 6) is 0. The van der Waals surface area contributed by atoms with Crippen molar-refractivity contribution in [3.63, 3.8) is 0 Å². The van der Waals surface area contributed by atoms with Crippen molar-refractivity contribution in [1.29, 1.82) is 0 Å². The topological polar surface area (TPSA) is 47.3 Å². The quantitative estimate of drug-likeness (QED) is 0.817. The van der Waals surface area contributed by atoms with Crippen LogP contribution < -0.4 is 11.1 Å². The number of hydrogen-bond donors (Lipinski definition) is 2. The van der Waals surface area contributed by atoms with Crippen LogP contribution in [0.3, 0.4) is 0 Å². The summed E-state index contributed by atoms with van der Waals surface area (Å²) in [6.45, 7) is 7.39. The molecule has 132 valence electrons. The van der Waals surface area contributed by atoms with Crippen LogP contribution in [0.1, 0.15) is 57.1 Å². The lowest BCUT2D eigenvalue weighted by atomic mass is 9.72. The maximum atomic E-state index is 6.35. The first-order chi connectivity index (χ1) is 11.5. The number of nitrogen functional groups attached to an aromatic ring is 1. The van der Waals surface area contributed by atoms with E-state index in [1.165, 1.54) is 23.1 Å². The third-order valence-electron chi connectivity index (χ3n) is 5.95. The Morgan fingerprint density at radius 3 is 2.54 bits per heavy atom. The Labute approximate surface area is 146 Å². The highest BCUT2D eigenvalue weighted by Gasteiger charge is 2.34. The van der Waals surface area contributed by atoms with Crippen LogP contribution in [0.15, 0.2) is 24.3 Å². The molecular weight excluding hydrogens is 296 g/mol. The Balaban J connectivity index is 1.95. The third-order valence-corrected chi connectivity index (χ3v) is 5.95. The van der Waals surface area contributed by atoms with Crippen molar-refractivity contribution < 1.29 is 4.74 Å². The summed E-state index contributed by atoms with van der Waals surface area (Å²) in [6.07, 6.45) is 8.06. The molecule has 3 rings (SSSR count). The molecule has 0 atom stereocenters. The smallest absolute Gasteiger partial charge is 0.0475 e. The van der Waals surface area contributed by atoms with Gasteiger partial charge in [-0.25, -0.2) is 0 Å². The van der Waals surface area contributed by atoms with Crippen molar-refractivity contribution in [2.75, 3.05) is 32.5 Å². The summed E-state index contributed by atoms with van der Waals surface area (Å²) in [7, 11) is 2.04. The largest absolute Gasteiger partial charge is 0.398 e. The molecule has 1 aromatic rings. The molecule has 1 saturated heterocycles. The van der Waals surface area contributed by atoms with Gasteiger partial charge >= 0.3 is 0 Å². The third kappa shape index (κ3) is 3.52. The highest BCUT2D eigenvalue weighted by Crippen LogP contribution is 2.41. The molecule has 3 heteroatoms. The lowest BCUT2D eigenvalue weighted by Crippen LogP contribution is -2.41. The second-order valence-corrected chi connectivity index (χ2v) is 8.32. The predicted octanol–water partition coefficient (Wildman–Crippen LogP) is 4.13. The number of likely N-dealkylation sites (N-methyl/N-ethyl adjacent to an activating group) is 1. The minimum absolute atomic E-state index is 0.171. The molecule has 0 aromatic heterocycles. The zero-order chi connectivity index (χ0) is 17.2. The first-order valence-electron chi connectivity index (χ1n) is 9.28. The maximum absolute atomic E-state index is 6.35. The molecule has 0 radical (unpaired) electrons. The standard InChI is InChI=1S/C21H32N2O/c1-20(2)8-6-16(7-9-20)18-14-17(4-5-19(18)22)21(15-23-3)10-12-24-13-11-21/h4-6,14,23H,7-13,15,22H2,1-3H3. The summed E-state index contributed by atoms with van der Waals surface area (Å²) >= 11 is 0. The van der Waals surface area contributed by atoms with E-state index in [4.69, 9.17) is 10.5 Å². The van der Waals surface area contributed by atoms with E-state index in [0.717, 1.165) is 51.1 Å². The van der Waals surface area contributed by atoms with Crippen LogP contribution in [-0.2, 0) is 10.2 Å². The lowest BCUT2D eigenvalue weighted by Gasteiger charge is -2.38. The first kappa shape index (κ1) is 17.5. The molecule has 0 unspecified atom stereocenters. The van der Waals surface area contributed by atoms with Crippen molar-refractivity contribution in [2.24, 2.45) is 5.41 Å². The van der Waals surface area contributed by atoms with Gasteiger partial charge in [-0.3, -0.25) is 0 Å². The average molecular weight is 329 g/mol. The molecule has 2 aliphatic rings. The predicted molar refractivity (Wildman–Crippen MR) is 102 cm³/mol. The number of benzene rings is 1. The van der Waals surface area contributed by atoms with Gasteiger partial charge < -0.3 is 15.8 Å². The fourth-order valence-electron chi connectivity index (χ4n) is 4.15. The Hall–Kier alpha value is -1.32. The fourth-order valence-corrected chi connectivity index (χ4v) is 4.15. The van der Waals surface area contributed by atoms with Crippen LogP contribution in [0, 0.1) is 5.41 Å². The molecule has 1 aliphatic carbocycles. The molecule has 3 N–H and O–H groups in total. The van der Waals surface area contributed by atoms with Crippen LogP contribution in [-0.4, -0.2) is 26.8 Å². The molecule has 0 bridgehead atoms. The Bertz CT molecular complexity index is 607. The number of nitrogens with two attached hydrogens (primary N) is 1. The molecule has 1 aromatic carbocycles. The molecule has 24 heavy (non-hydrogen) atoms. The van der Waals surface area contributed by atoms with Crippen molar-refractivity contribution in [3.05, 3.63) is 35.4 Å². The monoisotopic (exact) mass is 328 g/mol. The van der Waals surface area contributed by atoms with Crippen molar-refractivity contribution in [2.45, 2.75) is 51.4 Å². The van der Waals surface area contributed by atoms with Crippen LogP contribution >= 0.6 is 0 Å². The molecule has 1 aliphatic heterocycles. The van der Waals surface area contributed by atoms with E-state index in [9.17, 15) is 0 Å². The van der Waals surface area contributed by atoms with Gasteiger partial charge in [-0.15, -0.1) is 0 Å². The molecule has 1 fully saturated rings. The van der Waals surface area contributed by atoms with Gasteiger partial charge in [-0.05, 0) is 67.8 Å². The lowest BCUT2D eigenvalue weighted by molar-refractivity contribution is 0.0506. The van der Waals surface area contributed by atoms with Crippen molar-refractivity contribution >= 4 is 11.3 Å². The summed E-state index contributed by atoms with van der Waals surface area (Å²) in [4.78, 5) is 0. The molecule has 0 amide bonds. The second kappa shape index (κ2) is 6.89. The Kier molecular flexibility index (Phi) is 5.03. The van der Waals surface area contributed by atoms with Gasteiger partial charge in [0.1, 0.15) is 0 Å². The fraction of sp³-hybridized carbons (Fsp3) is 0.619. The molecule has 3 nitrogen and oxygen atoms in total. The summed E-state index contributed by atoms with van der Waals surface area (Å²) in [5.41, 5.74) is 12.0. The van der Waals surface area contributed by atoms with Gasteiger partial charge in [0.05, 0.1) is 0 Å². The van der Waals surface area contributed by atoms with Crippen molar-refractivity contribution in [3.8, 4) is 0 Å². The number of rotatable bonds is 4. The van der Waals surface area contributed by atoms with E-state index in [1.807, 2.05) is 7.05 Å². The highest BCUT2D eigenvalue weighted by atomic mass is 16.5. The summed E-state index contributed by atoms with van der Waals surface area (Å²) in [5, 5.41) is 3.40. The van der Waals surface area contributed by atoms with Crippen molar-refractivity contribution in [1.82, 2.24) is 5.32 Å². The number of nitrogens with one attached hydrogen (secondary N) is 1. The normalized spacial score (nSPS) is 22.9. The summed E-state index contributed by atoms with van der Waals surface area (Å²) < 4.78 is 5.62. The minimum atomic E-state index is 0.171. The second-order valence-electron chi connectivity index (χ2n) is 8.32. The van der Waals surface area contributed by atoms with Crippen LogP contribution in [0.2, 0.25) is 0 Å². The average Bonchev–Trinajstić information content (AvgIpc) is 2.57. The minimum Gasteiger partial charge on any atom is -0.398 e. The number of ether oxygens (including phenoxy) is 1. The maximum Gasteiger partial charge on any atom is 0.0475 e. The van der Waals surface area contributed by atoms with Crippen LogP contribution in [0.25, 0.3) is 5.57 Å². The highest BCUT2D eigenvalue weighted by molar-refractivity contribution is 5.76. The van der Waals surface area contributed by atoms with Crippen LogP contribution in [0.4, 0.5) is 5.69 Å².